The third-order valence-electron chi connectivity index (χ3n) is 1.57. The average molecular weight is 201 g/mol. The molecule has 4 nitrogen and oxygen atoms in total. The van der Waals surface area contributed by atoms with Gasteiger partial charge in [-0.1, -0.05) is 11.6 Å². The van der Waals surface area contributed by atoms with E-state index in [1.807, 2.05) is 0 Å². The van der Waals surface area contributed by atoms with Crippen molar-refractivity contribution < 1.29 is 9.90 Å². The lowest BCUT2D eigenvalue weighted by Crippen LogP contribution is -2.09. The van der Waals surface area contributed by atoms with Gasteiger partial charge in [0, 0.05) is 6.04 Å². The third kappa shape index (κ3) is 2.17. The lowest BCUT2D eigenvalue weighted by molar-refractivity contribution is 0.0696. The Morgan fingerprint density at radius 3 is 2.69 bits per heavy atom. The van der Waals surface area contributed by atoms with E-state index in [9.17, 15) is 4.79 Å². The van der Waals surface area contributed by atoms with Crippen LogP contribution >= 0.6 is 11.6 Å². The minimum atomic E-state index is -1.09. The monoisotopic (exact) mass is 200 g/mol. The van der Waals surface area contributed by atoms with Gasteiger partial charge in [0.05, 0.1) is 11.3 Å². The number of nitrogens with zero attached hydrogens (tertiary/aromatic N) is 1. The van der Waals surface area contributed by atoms with Crippen molar-refractivity contribution in [3.63, 3.8) is 0 Å². The zero-order valence-electron chi connectivity index (χ0n) is 6.99. The van der Waals surface area contributed by atoms with E-state index in [4.69, 9.17) is 22.4 Å². The van der Waals surface area contributed by atoms with Crippen LogP contribution in [0.3, 0.4) is 0 Å². The van der Waals surface area contributed by atoms with Crippen LogP contribution in [0.25, 0.3) is 0 Å². The smallest absolute Gasteiger partial charge is 0.338 e. The Hall–Kier alpha value is -1.13. The Morgan fingerprint density at radius 1 is 1.69 bits per heavy atom. The Balaban J connectivity index is 3.13. The topological polar surface area (TPSA) is 76.2 Å². The molecule has 0 unspecified atom stereocenters. The fourth-order valence-corrected chi connectivity index (χ4v) is 1.10. The lowest BCUT2D eigenvalue weighted by Gasteiger charge is -2.05. The van der Waals surface area contributed by atoms with Gasteiger partial charge in [0.15, 0.2) is 0 Å². The summed E-state index contributed by atoms with van der Waals surface area (Å²) in [5, 5.41) is 8.61. The summed E-state index contributed by atoms with van der Waals surface area (Å²) in [6.45, 7) is 1.75. The van der Waals surface area contributed by atoms with E-state index >= 15 is 0 Å². The number of carboxylic acids is 1. The second-order valence-corrected chi connectivity index (χ2v) is 3.03. The molecule has 0 spiro atoms. The number of hydrogen-bond acceptors (Lipinski definition) is 3. The van der Waals surface area contributed by atoms with Crippen LogP contribution in [-0.2, 0) is 0 Å². The molecule has 0 saturated heterocycles. The maximum atomic E-state index is 10.5. The second-order valence-electron chi connectivity index (χ2n) is 2.67. The standard InChI is InChI=1S/C8H9ClN2O2/c1-4(10)6-3-2-5(8(12)13)7(9)11-6/h2-4H,10H2,1H3,(H,12,13)/t4-/m1/s1. The van der Waals surface area contributed by atoms with E-state index in [2.05, 4.69) is 4.98 Å². The van der Waals surface area contributed by atoms with Crippen molar-refractivity contribution in [1.29, 1.82) is 0 Å². The minimum absolute atomic E-state index is 0.00827. The van der Waals surface area contributed by atoms with Crippen molar-refractivity contribution in [3.8, 4) is 0 Å². The fraction of sp³-hybridized carbons (Fsp3) is 0.250. The molecule has 70 valence electrons. The molecule has 1 heterocycles. The molecule has 1 rings (SSSR count). The van der Waals surface area contributed by atoms with Crippen LogP contribution in [0, 0.1) is 0 Å². The highest BCUT2D eigenvalue weighted by Crippen LogP contribution is 2.16. The Bertz CT molecular complexity index is 339. The molecular formula is C8H9ClN2O2. The quantitative estimate of drug-likeness (QED) is 0.709. The first-order chi connectivity index (χ1) is 6.02. The highest BCUT2D eigenvalue weighted by Gasteiger charge is 2.11. The number of rotatable bonds is 2. The summed E-state index contributed by atoms with van der Waals surface area (Å²) in [7, 11) is 0. The van der Waals surface area contributed by atoms with Crippen LogP contribution in [0.4, 0.5) is 0 Å². The van der Waals surface area contributed by atoms with Crippen molar-refractivity contribution in [2.24, 2.45) is 5.73 Å². The lowest BCUT2D eigenvalue weighted by atomic mass is 10.2. The molecule has 0 radical (unpaired) electrons. The fourth-order valence-electron chi connectivity index (χ4n) is 0.861. The first-order valence-corrected chi connectivity index (χ1v) is 4.05. The van der Waals surface area contributed by atoms with Crippen LogP contribution in [0.5, 0.6) is 0 Å². The molecule has 0 aliphatic heterocycles. The Kier molecular flexibility index (Phi) is 2.85. The van der Waals surface area contributed by atoms with Crippen LogP contribution in [0.1, 0.15) is 29.0 Å². The number of hydrogen-bond donors (Lipinski definition) is 2. The summed E-state index contributed by atoms with van der Waals surface area (Å²) in [6, 6.07) is 2.71. The first-order valence-electron chi connectivity index (χ1n) is 3.67. The summed E-state index contributed by atoms with van der Waals surface area (Å²) in [5.74, 6) is -1.09. The third-order valence-corrected chi connectivity index (χ3v) is 1.86. The molecular weight excluding hydrogens is 192 g/mol. The van der Waals surface area contributed by atoms with Crippen molar-refractivity contribution in [3.05, 3.63) is 28.5 Å². The maximum absolute atomic E-state index is 10.5. The van der Waals surface area contributed by atoms with E-state index in [0.717, 1.165) is 0 Å². The van der Waals surface area contributed by atoms with E-state index in [1.54, 1.807) is 13.0 Å². The number of nitrogens with two attached hydrogens (primary N) is 1. The van der Waals surface area contributed by atoms with Crippen molar-refractivity contribution in [1.82, 2.24) is 4.98 Å². The van der Waals surface area contributed by atoms with E-state index in [-0.39, 0.29) is 16.8 Å². The molecule has 1 aromatic rings. The van der Waals surface area contributed by atoms with Crippen LogP contribution in [0.15, 0.2) is 12.1 Å². The molecule has 3 N–H and O–H groups in total. The second kappa shape index (κ2) is 3.72. The normalized spacial score (nSPS) is 12.5. The molecule has 1 aromatic heterocycles. The highest BCUT2D eigenvalue weighted by atomic mass is 35.5. The van der Waals surface area contributed by atoms with Gasteiger partial charge in [0.2, 0.25) is 0 Å². The summed E-state index contributed by atoms with van der Waals surface area (Å²) in [5.41, 5.74) is 6.11. The van der Waals surface area contributed by atoms with Gasteiger partial charge in [0.1, 0.15) is 5.15 Å². The molecule has 0 fully saturated rings. The van der Waals surface area contributed by atoms with Crippen LogP contribution < -0.4 is 5.73 Å². The highest BCUT2D eigenvalue weighted by molar-refractivity contribution is 6.32. The van der Waals surface area contributed by atoms with Gasteiger partial charge in [-0.25, -0.2) is 9.78 Å². The minimum Gasteiger partial charge on any atom is -0.478 e. The number of pyridine rings is 1. The molecule has 13 heavy (non-hydrogen) atoms. The zero-order chi connectivity index (χ0) is 10.0. The Morgan fingerprint density at radius 2 is 2.31 bits per heavy atom. The van der Waals surface area contributed by atoms with Gasteiger partial charge >= 0.3 is 5.97 Å². The van der Waals surface area contributed by atoms with Gasteiger partial charge in [-0.3, -0.25) is 0 Å². The van der Waals surface area contributed by atoms with Gasteiger partial charge in [-0.15, -0.1) is 0 Å². The molecule has 0 aliphatic carbocycles. The first kappa shape index (κ1) is 9.95. The molecule has 1 atom stereocenters. The number of carbonyl (C=O) groups is 1. The molecule has 5 heteroatoms. The molecule has 0 aliphatic rings. The summed E-state index contributed by atoms with van der Waals surface area (Å²) < 4.78 is 0. The van der Waals surface area contributed by atoms with Crippen molar-refractivity contribution in [2.75, 3.05) is 0 Å². The van der Waals surface area contributed by atoms with Gasteiger partial charge < -0.3 is 10.8 Å². The van der Waals surface area contributed by atoms with Crippen LogP contribution in [0.2, 0.25) is 5.15 Å². The number of aromatic carboxylic acids is 1. The summed E-state index contributed by atoms with van der Waals surface area (Å²) in [6.07, 6.45) is 0. The van der Waals surface area contributed by atoms with E-state index in [0.29, 0.717) is 5.69 Å². The number of aromatic nitrogens is 1. The molecule has 0 bridgehead atoms. The van der Waals surface area contributed by atoms with Crippen molar-refractivity contribution in [2.45, 2.75) is 13.0 Å². The van der Waals surface area contributed by atoms with E-state index in [1.165, 1.54) is 6.07 Å². The largest absolute Gasteiger partial charge is 0.478 e. The van der Waals surface area contributed by atoms with Crippen LogP contribution in [-0.4, -0.2) is 16.1 Å². The van der Waals surface area contributed by atoms with Gasteiger partial charge in [-0.2, -0.15) is 0 Å². The zero-order valence-corrected chi connectivity index (χ0v) is 7.75. The average Bonchev–Trinajstić information content (AvgIpc) is 2.03. The SMILES string of the molecule is C[C@@H](N)c1ccc(C(=O)O)c(Cl)n1. The summed E-state index contributed by atoms with van der Waals surface area (Å²) >= 11 is 5.62. The predicted molar refractivity (Wildman–Crippen MR) is 48.8 cm³/mol. The molecule has 0 amide bonds. The molecule has 0 saturated carbocycles. The predicted octanol–water partition coefficient (Wildman–Crippen LogP) is 1.45. The number of halogens is 1. The van der Waals surface area contributed by atoms with Gasteiger partial charge in [-0.05, 0) is 19.1 Å². The Labute approximate surface area is 80.3 Å². The maximum Gasteiger partial charge on any atom is 0.338 e. The van der Waals surface area contributed by atoms with Gasteiger partial charge in [0.25, 0.3) is 0 Å². The molecule has 0 aromatic carbocycles. The summed E-state index contributed by atoms with van der Waals surface area (Å²) in [4.78, 5) is 14.4. The van der Waals surface area contributed by atoms with E-state index < -0.39 is 5.97 Å². The van der Waals surface area contributed by atoms with Crippen molar-refractivity contribution >= 4 is 17.6 Å². The number of carboxylic acid groups (broad SMARTS) is 1.